The lowest BCUT2D eigenvalue weighted by Crippen LogP contribution is -2.14. The Morgan fingerprint density at radius 1 is 1.33 bits per heavy atom. The second-order valence-corrected chi connectivity index (χ2v) is 6.10. The van der Waals surface area contributed by atoms with Gasteiger partial charge in [-0.15, -0.1) is 11.8 Å². The Hall–Kier alpha value is -1.66. The molecule has 0 spiro atoms. The van der Waals surface area contributed by atoms with Crippen LogP contribution in [0.3, 0.4) is 0 Å². The molecular weight excluding hydrogens is 352 g/mol. The van der Waals surface area contributed by atoms with Crippen molar-refractivity contribution in [1.29, 1.82) is 0 Å². The van der Waals surface area contributed by atoms with Crippen LogP contribution in [0.15, 0.2) is 51.8 Å². The summed E-state index contributed by atoms with van der Waals surface area (Å²) >= 11 is 4.80. The Morgan fingerprint density at radius 2 is 2.10 bits per heavy atom. The van der Waals surface area contributed by atoms with Gasteiger partial charge in [-0.2, -0.15) is 0 Å². The molecule has 0 atom stereocenters. The summed E-state index contributed by atoms with van der Waals surface area (Å²) in [6, 6.07) is 12.9. The van der Waals surface area contributed by atoms with Crippen molar-refractivity contribution in [3.8, 4) is 5.75 Å². The first kappa shape index (κ1) is 15.7. The highest BCUT2D eigenvalue weighted by Gasteiger charge is 2.09. The van der Waals surface area contributed by atoms with Crippen molar-refractivity contribution in [3.63, 3.8) is 0 Å². The van der Waals surface area contributed by atoms with Crippen LogP contribution in [0.5, 0.6) is 5.75 Å². The molecule has 2 aromatic carbocycles. The number of carbonyl (C=O) groups is 1. The van der Waals surface area contributed by atoms with Crippen molar-refractivity contribution in [2.75, 3.05) is 23.9 Å². The van der Waals surface area contributed by atoms with Gasteiger partial charge in [0.25, 0.3) is 0 Å². The minimum atomic E-state index is -0.0867. The van der Waals surface area contributed by atoms with Crippen molar-refractivity contribution in [2.45, 2.75) is 4.90 Å². The van der Waals surface area contributed by atoms with Gasteiger partial charge in [-0.25, -0.2) is 0 Å². The molecule has 1 amide bonds. The van der Waals surface area contributed by atoms with Crippen LogP contribution >= 0.6 is 27.7 Å². The third-order valence-electron chi connectivity index (χ3n) is 2.70. The first-order chi connectivity index (χ1) is 10.1. The molecule has 0 heterocycles. The molecule has 0 fully saturated rings. The molecule has 0 unspecified atom stereocenters. The van der Waals surface area contributed by atoms with Crippen LogP contribution < -0.4 is 15.8 Å². The van der Waals surface area contributed by atoms with E-state index in [1.54, 1.807) is 25.3 Å². The van der Waals surface area contributed by atoms with Crippen molar-refractivity contribution in [2.24, 2.45) is 0 Å². The van der Waals surface area contributed by atoms with Crippen LogP contribution in [0.2, 0.25) is 0 Å². The molecule has 4 nitrogen and oxygen atoms in total. The molecule has 0 aliphatic rings. The van der Waals surface area contributed by atoms with Crippen LogP contribution in [-0.2, 0) is 4.79 Å². The lowest BCUT2D eigenvalue weighted by atomic mass is 10.3. The maximum absolute atomic E-state index is 12.0. The number of nitrogens with two attached hydrogens (primary N) is 1. The molecule has 2 rings (SSSR count). The van der Waals surface area contributed by atoms with E-state index in [0.29, 0.717) is 17.1 Å². The number of benzene rings is 2. The van der Waals surface area contributed by atoms with Gasteiger partial charge in [0.2, 0.25) is 5.91 Å². The predicted octanol–water partition coefficient (Wildman–Crippen LogP) is 3.77. The summed E-state index contributed by atoms with van der Waals surface area (Å²) in [7, 11) is 1.62. The van der Waals surface area contributed by atoms with Gasteiger partial charge < -0.3 is 15.8 Å². The number of nitrogen functional groups attached to an aromatic ring is 1. The molecule has 0 bridgehead atoms. The summed E-state index contributed by atoms with van der Waals surface area (Å²) in [5.41, 5.74) is 7.01. The summed E-state index contributed by atoms with van der Waals surface area (Å²) in [5, 5.41) is 2.84. The van der Waals surface area contributed by atoms with Gasteiger partial charge in [0.1, 0.15) is 5.75 Å². The van der Waals surface area contributed by atoms with E-state index in [1.807, 2.05) is 24.3 Å². The van der Waals surface area contributed by atoms with Crippen molar-refractivity contribution in [3.05, 3.63) is 46.9 Å². The van der Waals surface area contributed by atoms with Gasteiger partial charge in [0, 0.05) is 15.1 Å². The zero-order chi connectivity index (χ0) is 15.2. The van der Waals surface area contributed by atoms with E-state index in [1.165, 1.54) is 11.8 Å². The van der Waals surface area contributed by atoms with Crippen LogP contribution in [0.1, 0.15) is 0 Å². The number of rotatable bonds is 5. The first-order valence-corrected chi connectivity index (χ1v) is 7.98. The predicted molar refractivity (Wildman–Crippen MR) is 90.9 cm³/mol. The number of methoxy groups -OCH3 is 1. The second kappa shape index (κ2) is 7.38. The first-order valence-electron chi connectivity index (χ1n) is 6.21. The number of carbonyl (C=O) groups excluding carboxylic acids is 1. The van der Waals surface area contributed by atoms with Gasteiger partial charge >= 0.3 is 0 Å². The van der Waals surface area contributed by atoms with E-state index in [-0.39, 0.29) is 5.91 Å². The van der Waals surface area contributed by atoms with Crippen molar-refractivity contribution in [1.82, 2.24) is 0 Å². The Morgan fingerprint density at radius 3 is 2.81 bits per heavy atom. The number of amides is 1. The third-order valence-corrected chi connectivity index (χ3v) is 4.41. The van der Waals surface area contributed by atoms with E-state index >= 15 is 0 Å². The molecule has 0 aliphatic heterocycles. The average Bonchev–Trinajstić information content (AvgIpc) is 2.48. The van der Waals surface area contributed by atoms with Gasteiger partial charge in [-0.3, -0.25) is 4.79 Å². The van der Waals surface area contributed by atoms with Crippen LogP contribution in [-0.4, -0.2) is 18.8 Å². The summed E-state index contributed by atoms with van der Waals surface area (Å²) in [6.07, 6.45) is 0. The number of hydrogen-bond acceptors (Lipinski definition) is 4. The van der Waals surface area contributed by atoms with Crippen LogP contribution in [0.25, 0.3) is 0 Å². The topological polar surface area (TPSA) is 64.3 Å². The zero-order valence-electron chi connectivity index (χ0n) is 11.4. The Balaban J connectivity index is 1.96. The van der Waals surface area contributed by atoms with Gasteiger partial charge in [0.15, 0.2) is 0 Å². The Labute approximate surface area is 136 Å². The van der Waals surface area contributed by atoms with Crippen LogP contribution in [0.4, 0.5) is 11.4 Å². The van der Waals surface area contributed by atoms with Gasteiger partial charge in [-0.05, 0) is 46.3 Å². The van der Waals surface area contributed by atoms with E-state index in [2.05, 4.69) is 21.2 Å². The smallest absolute Gasteiger partial charge is 0.234 e. The number of anilines is 2. The number of thioether (sulfide) groups is 1. The summed E-state index contributed by atoms with van der Waals surface area (Å²) in [6.45, 7) is 0. The zero-order valence-corrected chi connectivity index (χ0v) is 13.8. The Kier molecular flexibility index (Phi) is 5.52. The monoisotopic (exact) mass is 366 g/mol. The molecule has 110 valence electrons. The molecule has 3 N–H and O–H groups in total. The minimum absolute atomic E-state index is 0.0867. The fraction of sp³-hybridized carbons (Fsp3) is 0.133. The van der Waals surface area contributed by atoms with E-state index < -0.39 is 0 Å². The summed E-state index contributed by atoms with van der Waals surface area (Å²) in [4.78, 5) is 12.9. The largest absolute Gasteiger partial charge is 0.496 e. The van der Waals surface area contributed by atoms with Gasteiger partial charge in [-0.1, -0.05) is 12.1 Å². The lowest BCUT2D eigenvalue weighted by molar-refractivity contribution is -0.113. The maximum Gasteiger partial charge on any atom is 0.234 e. The highest BCUT2D eigenvalue weighted by atomic mass is 79.9. The quantitative estimate of drug-likeness (QED) is 0.624. The molecule has 0 saturated carbocycles. The van der Waals surface area contributed by atoms with E-state index in [4.69, 9.17) is 10.5 Å². The van der Waals surface area contributed by atoms with Crippen molar-refractivity contribution >= 4 is 45.0 Å². The fourth-order valence-corrected chi connectivity index (χ4v) is 3.02. The minimum Gasteiger partial charge on any atom is -0.496 e. The standard InChI is InChI=1S/C15H15BrN2O2S/c1-20-13-4-2-3-5-14(13)21-9-15(19)18-12-7-6-10(17)8-11(12)16/h2-8H,9,17H2,1H3,(H,18,19). The normalized spacial score (nSPS) is 10.2. The average molecular weight is 367 g/mol. The number of halogens is 1. The molecular formula is C15H15BrN2O2S. The van der Waals surface area contributed by atoms with Crippen LogP contribution in [0, 0.1) is 0 Å². The molecule has 0 aromatic heterocycles. The lowest BCUT2D eigenvalue weighted by Gasteiger charge is -2.09. The molecule has 2 aromatic rings. The third kappa shape index (κ3) is 4.41. The second-order valence-electron chi connectivity index (χ2n) is 4.23. The number of ether oxygens (including phenoxy) is 1. The fourth-order valence-electron chi connectivity index (χ4n) is 1.70. The highest BCUT2D eigenvalue weighted by molar-refractivity contribution is 9.10. The summed E-state index contributed by atoms with van der Waals surface area (Å²) < 4.78 is 6.02. The number of hydrogen-bond donors (Lipinski definition) is 2. The maximum atomic E-state index is 12.0. The highest BCUT2D eigenvalue weighted by Crippen LogP contribution is 2.29. The molecule has 0 radical (unpaired) electrons. The number of para-hydroxylation sites is 1. The molecule has 0 aliphatic carbocycles. The van der Waals surface area contributed by atoms with E-state index in [0.717, 1.165) is 15.1 Å². The molecule has 6 heteroatoms. The van der Waals surface area contributed by atoms with Crippen molar-refractivity contribution < 1.29 is 9.53 Å². The molecule has 21 heavy (non-hydrogen) atoms. The summed E-state index contributed by atoms with van der Waals surface area (Å²) in [5.74, 6) is 0.984. The number of nitrogens with one attached hydrogen (secondary N) is 1. The van der Waals surface area contributed by atoms with E-state index in [9.17, 15) is 4.79 Å². The molecule has 0 saturated heterocycles. The van der Waals surface area contributed by atoms with Gasteiger partial charge in [0.05, 0.1) is 18.6 Å². The Bertz CT molecular complexity index is 649. The SMILES string of the molecule is COc1ccccc1SCC(=O)Nc1ccc(N)cc1Br.